The third-order valence-electron chi connectivity index (χ3n) is 2.96. The van der Waals surface area contributed by atoms with E-state index in [0.29, 0.717) is 13.2 Å². The molecule has 114 valence electrons. The van der Waals surface area contributed by atoms with Gasteiger partial charge in [-0.1, -0.05) is 37.3 Å². The number of nitrogens with one attached hydrogen (secondary N) is 1. The Morgan fingerprint density at radius 3 is 2.86 bits per heavy atom. The Morgan fingerprint density at radius 2 is 2.14 bits per heavy atom. The van der Waals surface area contributed by atoms with Crippen molar-refractivity contribution in [3.8, 4) is 0 Å². The second-order valence-electron chi connectivity index (χ2n) is 4.75. The second kappa shape index (κ2) is 7.64. The van der Waals surface area contributed by atoms with Crippen molar-refractivity contribution in [2.75, 3.05) is 6.61 Å². The molecule has 0 aliphatic carbocycles. The first-order valence-corrected chi connectivity index (χ1v) is 6.97. The minimum atomic E-state index is -0.785. The van der Waals surface area contributed by atoms with Crippen LogP contribution in [0, 0.1) is 0 Å². The number of carbonyl (C=O) groups excluding carboxylic acids is 2. The zero-order valence-electron chi connectivity index (χ0n) is 11.9. The van der Waals surface area contributed by atoms with Crippen LogP contribution in [-0.4, -0.2) is 31.0 Å². The van der Waals surface area contributed by atoms with Crippen molar-refractivity contribution in [2.24, 2.45) is 0 Å². The first-order chi connectivity index (χ1) is 10.2. The summed E-state index contributed by atoms with van der Waals surface area (Å²) >= 11 is 0. The molecule has 21 heavy (non-hydrogen) atoms. The Balaban J connectivity index is 1.85. The number of alkyl carbamates (subject to hydrolysis) is 1. The molecule has 1 aromatic rings. The Labute approximate surface area is 123 Å². The maximum atomic E-state index is 11.5. The van der Waals surface area contributed by atoms with E-state index in [-0.39, 0.29) is 6.42 Å². The average Bonchev–Trinajstić information content (AvgIpc) is 2.83. The SMILES string of the molecule is CCCOC(=O)N[C@H]1CC(=O)OC1OCc1ccccc1. The van der Waals surface area contributed by atoms with Gasteiger partial charge < -0.3 is 19.5 Å². The van der Waals surface area contributed by atoms with E-state index in [9.17, 15) is 9.59 Å². The molecule has 1 heterocycles. The Kier molecular flexibility index (Phi) is 5.57. The fourth-order valence-corrected chi connectivity index (χ4v) is 1.95. The summed E-state index contributed by atoms with van der Waals surface area (Å²) in [7, 11) is 0. The molecule has 1 aliphatic rings. The number of amides is 1. The molecule has 1 N–H and O–H groups in total. The van der Waals surface area contributed by atoms with Crippen molar-refractivity contribution < 1.29 is 23.8 Å². The monoisotopic (exact) mass is 293 g/mol. The molecule has 1 saturated heterocycles. The largest absolute Gasteiger partial charge is 0.450 e. The molecule has 1 aromatic carbocycles. The zero-order chi connectivity index (χ0) is 15.1. The number of hydrogen-bond donors (Lipinski definition) is 1. The summed E-state index contributed by atoms with van der Waals surface area (Å²) in [6, 6.07) is 9.01. The first kappa shape index (κ1) is 15.3. The van der Waals surface area contributed by atoms with Crippen LogP contribution in [0.15, 0.2) is 30.3 Å². The van der Waals surface area contributed by atoms with Gasteiger partial charge in [-0.15, -0.1) is 0 Å². The van der Waals surface area contributed by atoms with E-state index < -0.39 is 24.4 Å². The van der Waals surface area contributed by atoms with Crippen molar-refractivity contribution in [1.29, 1.82) is 0 Å². The summed E-state index contributed by atoms with van der Waals surface area (Å²) in [6.45, 7) is 2.55. The summed E-state index contributed by atoms with van der Waals surface area (Å²) < 4.78 is 15.6. The fourth-order valence-electron chi connectivity index (χ4n) is 1.95. The molecule has 2 atom stereocenters. The van der Waals surface area contributed by atoms with Crippen LogP contribution in [-0.2, 0) is 25.6 Å². The van der Waals surface area contributed by atoms with Gasteiger partial charge in [0.25, 0.3) is 0 Å². The van der Waals surface area contributed by atoms with Gasteiger partial charge in [-0.3, -0.25) is 4.79 Å². The quantitative estimate of drug-likeness (QED) is 0.812. The zero-order valence-corrected chi connectivity index (χ0v) is 11.9. The van der Waals surface area contributed by atoms with Crippen molar-refractivity contribution >= 4 is 12.1 Å². The number of benzene rings is 1. The van der Waals surface area contributed by atoms with E-state index in [4.69, 9.17) is 14.2 Å². The van der Waals surface area contributed by atoms with E-state index in [1.54, 1.807) is 0 Å². The molecule has 1 unspecified atom stereocenters. The van der Waals surface area contributed by atoms with Crippen LogP contribution in [0.1, 0.15) is 25.3 Å². The number of carbonyl (C=O) groups is 2. The molecule has 0 spiro atoms. The number of ether oxygens (including phenoxy) is 3. The molecule has 6 heteroatoms. The lowest BCUT2D eigenvalue weighted by Gasteiger charge is -2.19. The molecule has 1 amide bonds. The van der Waals surface area contributed by atoms with Crippen LogP contribution < -0.4 is 5.32 Å². The Bertz CT molecular complexity index is 476. The standard InChI is InChI=1S/C15H19NO5/c1-2-8-19-15(18)16-12-9-13(17)21-14(12)20-10-11-6-4-3-5-7-11/h3-7,12,14H,2,8-10H2,1H3,(H,16,18)/t12-,14?/m0/s1. The van der Waals surface area contributed by atoms with Crippen molar-refractivity contribution in [3.05, 3.63) is 35.9 Å². The Hall–Kier alpha value is -2.08. The fraction of sp³-hybridized carbons (Fsp3) is 0.467. The van der Waals surface area contributed by atoms with Crippen LogP contribution in [0.2, 0.25) is 0 Å². The molecule has 0 saturated carbocycles. The number of rotatable bonds is 6. The van der Waals surface area contributed by atoms with Gasteiger partial charge in [0, 0.05) is 0 Å². The number of esters is 1. The molecule has 1 aliphatic heterocycles. The summed E-state index contributed by atoms with van der Waals surface area (Å²) in [6.07, 6.45) is -0.525. The summed E-state index contributed by atoms with van der Waals surface area (Å²) in [5.41, 5.74) is 0.966. The highest BCUT2D eigenvalue weighted by Gasteiger charge is 2.37. The molecule has 0 aromatic heterocycles. The summed E-state index contributed by atoms with van der Waals surface area (Å²) in [5, 5.41) is 2.60. The van der Waals surface area contributed by atoms with E-state index in [0.717, 1.165) is 12.0 Å². The smallest absolute Gasteiger partial charge is 0.407 e. The second-order valence-corrected chi connectivity index (χ2v) is 4.75. The number of cyclic esters (lactones) is 1. The van der Waals surface area contributed by atoms with Gasteiger partial charge in [-0.25, -0.2) is 4.79 Å². The van der Waals surface area contributed by atoms with E-state index >= 15 is 0 Å². The van der Waals surface area contributed by atoms with E-state index in [1.807, 2.05) is 37.3 Å². The van der Waals surface area contributed by atoms with Crippen LogP contribution in [0.5, 0.6) is 0 Å². The third-order valence-corrected chi connectivity index (χ3v) is 2.96. The van der Waals surface area contributed by atoms with Crippen molar-refractivity contribution in [3.63, 3.8) is 0 Å². The van der Waals surface area contributed by atoms with Gasteiger partial charge >= 0.3 is 12.1 Å². The average molecular weight is 293 g/mol. The highest BCUT2D eigenvalue weighted by atomic mass is 16.7. The van der Waals surface area contributed by atoms with Crippen LogP contribution in [0.3, 0.4) is 0 Å². The van der Waals surface area contributed by atoms with Gasteiger partial charge in [-0.05, 0) is 12.0 Å². The first-order valence-electron chi connectivity index (χ1n) is 6.97. The lowest BCUT2D eigenvalue weighted by Crippen LogP contribution is -2.41. The highest BCUT2D eigenvalue weighted by molar-refractivity contribution is 5.75. The van der Waals surface area contributed by atoms with Crippen LogP contribution in [0.4, 0.5) is 4.79 Å². The predicted molar refractivity (Wildman–Crippen MR) is 74.3 cm³/mol. The molecular formula is C15H19NO5. The minimum absolute atomic E-state index is 0.0840. The maximum absolute atomic E-state index is 11.5. The van der Waals surface area contributed by atoms with E-state index in [2.05, 4.69) is 5.32 Å². The minimum Gasteiger partial charge on any atom is -0.450 e. The third kappa shape index (κ3) is 4.75. The van der Waals surface area contributed by atoms with Gasteiger partial charge in [0.2, 0.25) is 6.29 Å². The topological polar surface area (TPSA) is 73.9 Å². The molecular weight excluding hydrogens is 274 g/mol. The molecule has 2 rings (SSSR count). The Morgan fingerprint density at radius 1 is 1.38 bits per heavy atom. The van der Waals surface area contributed by atoms with Gasteiger partial charge in [-0.2, -0.15) is 0 Å². The summed E-state index contributed by atoms with van der Waals surface area (Å²) in [4.78, 5) is 22.9. The predicted octanol–water partition coefficient (Wildman–Crippen LogP) is 1.98. The lowest BCUT2D eigenvalue weighted by molar-refractivity contribution is -0.167. The molecule has 0 radical (unpaired) electrons. The van der Waals surface area contributed by atoms with Gasteiger partial charge in [0.1, 0.15) is 6.04 Å². The normalized spacial score (nSPS) is 20.9. The molecule has 1 fully saturated rings. The summed E-state index contributed by atoms with van der Waals surface area (Å²) in [5.74, 6) is -0.395. The van der Waals surface area contributed by atoms with Crippen molar-refractivity contribution in [2.45, 2.75) is 38.7 Å². The van der Waals surface area contributed by atoms with Gasteiger partial charge in [0.15, 0.2) is 0 Å². The van der Waals surface area contributed by atoms with Crippen LogP contribution in [0.25, 0.3) is 0 Å². The highest BCUT2D eigenvalue weighted by Crippen LogP contribution is 2.18. The van der Waals surface area contributed by atoms with Gasteiger partial charge in [0.05, 0.1) is 19.6 Å². The number of hydrogen-bond acceptors (Lipinski definition) is 5. The maximum Gasteiger partial charge on any atom is 0.407 e. The van der Waals surface area contributed by atoms with E-state index in [1.165, 1.54) is 0 Å². The lowest BCUT2D eigenvalue weighted by atomic mass is 10.2. The van der Waals surface area contributed by atoms with Crippen molar-refractivity contribution in [1.82, 2.24) is 5.32 Å². The molecule has 6 nitrogen and oxygen atoms in total. The molecule has 0 bridgehead atoms. The van der Waals surface area contributed by atoms with Crippen LogP contribution >= 0.6 is 0 Å².